The Hall–Kier alpha value is -1.51. The summed E-state index contributed by atoms with van der Waals surface area (Å²) in [6, 6.07) is 0. The van der Waals surface area contributed by atoms with Crippen LogP contribution in [0.3, 0.4) is 0 Å². The van der Waals surface area contributed by atoms with E-state index in [-0.39, 0.29) is 11.2 Å². The fourth-order valence-corrected chi connectivity index (χ4v) is 4.84. The lowest BCUT2D eigenvalue weighted by Gasteiger charge is -2.14. The van der Waals surface area contributed by atoms with E-state index in [1.807, 2.05) is 22.9 Å². The van der Waals surface area contributed by atoms with E-state index in [1.54, 1.807) is 0 Å². The maximum absolute atomic E-state index is 11.8. The minimum atomic E-state index is -0.0881. The van der Waals surface area contributed by atoms with Crippen LogP contribution in [-0.4, -0.2) is 31.2 Å². The molecule has 0 unspecified atom stereocenters. The highest BCUT2D eigenvalue weighted by atomic mass is 35.5. The Kier molecular flexibility index (Phi) is 2.98. The van der Waals surface area contributed by atoms with Crippen molar-refractivity contribution in [2.75, 3.05) is 11.1 Å². The van der Waals surface area contributed by atoms with Crippen LogP contribution in [0.1, 0.15) is 22.2 Å². The highest BCUT2D eigenvalue weighted by Gasteiger charge is 2.32. The van der Waals surface area contributed by atoms with Gasteiger partial charge in [0.1, 0.15) is 0 Å². The standard InChI is InChI=1S/C12H10ClN5OS2/c1-5-7-9(21-4-6(19)14-11(7)17-16-5)8-10(13)15-12-18(8)2-3-20-12/h2-3,9H,4H2,1H3,(H2,14,16,17,19)/t9-/m1/s1. The molecule has 21 heavy (non-hydrogen) atoms. The van der Waals surface area contributed by atoms with Crippen LogP contribution in [0, 0.1) is 6.92 Å². The van der Waals surface area contributed by atoms with Crippen molar-refractivity contribution in [2.24, 2.45) is 0 Å². The van der Waals surface area contributed by atoms with Crippen molar-refractivity contribution < 1.29 is 4.79 Å². The van der Waals surface area contributed by atoms with Gasteiger partial charge in [-0.25, -0.2) is 4.98 Å². The van der Waals surface area contributed by atoms with Crippen LogP contribution in [-0.2, 0) is 4.79 Å². The Balaban J connectivity index is 1.95. The summed E-state index contributed by atoms with van der Waals surface area (Å²) in [6.07, 6.45) is 1.95. The Morgan fingerprint density at radius 3 is 3.24 bits per heavy atom. The molecule has 0 fully saturated rings. The van der Waals surface area contributed by atoms with Gasteiger partial charge in [0, 0.05) is 22.8 Å². The lowest BCUT2D eigenvalue weighted by molar-refractivity contribution is -0.113. The summed E-state index contributed by atoms with van der Waals surface area (Å²) in [7, 11) is 0. The molecule has 2 N–H and O–H groups in total. The fourth-order valence-electron chi connectivity index (χ4n) is 2.49. The lowest BCUT2D eigenvalue weighted by Crippen LogP contribution is -2.12. The first-order chi connectivity index (χ1) is 10.1. The zero-order valence-corrected chi connectivity index (χ0v) is 13.3. The number of nitrogens with one attached hydrogen (secondary N) is 2. The Bertz CT molecular complexity index is 851. The number of hydrogen-bond donors (Lipinski definition) is 2. The van der Waals surface area contributed by atoms with Crippen molar-refractivity contribution in [2.45, 2.75) is 12.2 Å². The Morgan fingerprint density at radius 1 is 1.52 bits per heavy atom. The number of carbonyl (C=O) groups excluding carboxylic acids is 1. The molecule has 4 rings (SSSR count). The van der Waals surface area contributed by atoms with Gasteiger partial charge in [-0.15, -0.1) is 23.1 Å². The zero-order valence-electron chi connectivity index (χ0n) is 10.9. The summed E-state index contributed by atoms with van der Waals surface area (Å²) in [5, 5.41) is 12.3. The molecule has 1 atom stereocenters. The van der Waals surface area contributed by atoms with E-state index in [4.69, 9.17) is 11.6 Å². The molecule has 1 aliphatic rings. The van der Waals surface area contributed by atoms with E-state index in [1.165, 1.54) is 23.1 Å². The van der Waals surface area contributed by atoms with Crippen LogP contribution in [0.4, 0.5) is 5.82 Å². The smallest absolute Gasteiger partial charge is 0.235 e. The molecule has 6 nitrogen and oxygen atoms in total. The third-order valence-electron chi connectivity index (χ3n) is 3.40. The van der Waals surface area contributed by atoms with E-state index in [0.29, 0.717) is 16.7 Å². The fraction of sp³-hybridized carbons (Fsp3) is 0.250. The highest BCUT2D eigenvalue weighted by Crippen LogP contribution is 2.44. The van der Waals surface area contributed by atoms with Gasteiger partial charge in [0.2, 0.25) is 5.91 Å². The first kappa shape index (κ1) is 13.2. The number of imidazole rings is 1. The summed E-state index contributed by atoms with van der Waals surface area (Å²) in [4.78, 5) is 17.1. The zero-order chi connectivity index (χ0) is 14.6. The maximum atomic E-state index is 11.8. The molecule has 0 aromatic carbocycles. The van der Waals surface area contributed by atoms with Gasteiger partial charge in [0.05, 0.1) is 16.7 Å². The van der Waals surface area contributed by atoms with E-state index >= 15 is 0 Å². The molecule has 3 aromatic heterocycles. The van der Waals surface area contributed by atoms with Gasteiger partial charge < -0.3 is 5.32 Å². The topological polar surface area (TPSA) is 75.1 Å². The quantitative estimate of drug-likeness (QED) is 0.715. The number of H-pyrrole nitrogens is 1. The highest BCUT2D eigenvalue weighted by molar-refractivity contribution is 8.00. The molecule has 0 spiro atoms. The molecule has 3 aromatic rings. The average Bonchev–Trinajstić information content (AvgIpc) is 3.06. The van der Waals surface area contributed by atoms with Gasteiger partial charge in [0.15, 0.2) is 15.9 Å². The summed E-state index contributed by atoms with van der Waals surface area (Å²) in [5.74, 6) is 0.875. The van der Waals surface area contributed by atoms with Gasteiger partial charge in [0.25, 0.3) is 0 Å². The molecule has 1 aliphatic heterocycles. The number of fused-ring (bicyclic) bond motifs is 2. The first-order valence-electron chi connectivity index (χ1n) is 6.22. The third-order valence-corrected chi connectivity index (χ3v) is 5.65. The Morgan fingerprint density at radius 2 is 2.38 bits per heavy atom. The number of thiazole rings is 1. The molecule has 0 bridgehead atoms. The van der Waals surface area contributed by atoms with E-state index in [9.17, 15) is 4.79 Å². The minimum Gasteiger partial charge on any atom is -0.308 e. The minimum absolute atomic E-state index is 0.0579. The molecule has 108 valence electrons. The van der Waals surface area contributed by atoms with Gasteiger partial charge in [-0.05, 0) is 6.92 Å². The van der Waals surface area contributed by atoms with Crippen molar-refractivity contribution in [3.8, 4) is 0 Å². The number of amides is 1. The van der Waals surface area contributed by atoms with Gasteiger partial charge in [-0.3, -0.25) is 14.3 Å². The number of thioether (sulfide) groups is 1. The number of aromatic amines is 1. The molecular formula is C12H10ClN5OS2. The molecule has 0 radical (unpaired) electrons. The summed E-state index contributed by atoms with van der Waals surface area (Å²) < 4.78 is 1.98. The average molecular weight is 340 g/mol. The molecule has 4 heterocycles. The number of aromatic nitrogens is 4. The summed E-state index contributed by atoms with van der Waals surface area (Å²) >= 11 is 9.41. The SMILES string of the molecule is Cc1[nH]nc2c1[C@H](c1c(Cl)nc3sccn13)SCC(=O)N2. The third kappa shape index (κ3) is 1.97. The van der Waals surface area contributed by atoms with Crippen LogP contribution in [0.25, 0.3) is 4.96 Å². The number of anilines is 1. The molecule has 0 aliphatic carbocycles. The second-order valence-corrected chi connectivity index (χ2v) is 7.02. The number of halogens is 1. The predicted octanol–water partition coefficient (Wildman–Crippen LogP) is 2.86. The number of aryl methyl sites for hydroxylation is 1. The molecular weight excluding hydrogens is 330 g/mol. The second-order valence-electron chi connectivity index (χ2n) is 4.69. The Labute approximate surface area is 132 Å². The molecule has 9 heteroatoms. The van der Waals surface area contributed by atoms with Crippen molar-refractivity contribution in [3.63, 3.8) is 0 Å². The van der Waals surface area contributed by atoms with Gasteiger partial charge in [-0.1, -0.05) is 11.6 Å². The van der Waals surface area contributed by atoms with Crippen LogP contribution in [0.5, 0.6) is 0 Å². The van der Waals surface area contributed by atoms with Crippen LogP contribution in [0.2, 0.25) is 5.15 Å². The number of nitrogens with zero attached hydrogens (tertiary/aromatic N) is 3. The maximum Gasteiger partial charge on any atom is 0.235 e. The monoisotopic (exact) mass is 339 g/mol. The van der Waals surface area contributed by atoms with Crippen LogP contribution < -0.4 is 5.32 Å². The normalized spacial score (nSPS) is 18.6. The second kappa shape index (κ2) is 4.75. The van der Waals surface area contributed by atoms with Crippen molar-refractivity contribution >= 4 is 51.4 Å². The van der Waals surface area contributed by atoms with Crippen molar-refractivity contribution in [1.29, 1.82) is 0 Å². The summed E-state index contributed by atoms with van der Waals surface area (Å²) in [5.41, 5.74) is 2.77. The van der Waals surface area contributed by atoms with E-state index in [0.717, 1.165) is 21.9 Å². The van der Waals surface area contributed by atoms with E-state index < -0.39 is 0 Å². The van der Waals surface area contributed by atoms with Gasteiger partial charge >= 0.3 is 0 Å². The predicted molar refractivity (Wildman–Crippen MR) is 84.3 cm³/mol. The number of rotatable bonds is 1. The van der Waals surface area contributed by atoms with E-state index in [2.05, 4.69) is 20.5 Å². The largest absolute Gasteiger partial charge is 0.308 e. The molecule has 0 saturated heterocycles. The lowest BCUT2D eigenvalue weighted by atomic mass is 10.1. The molecule has 0 saturated carbocycles. The van der Waals surface area contributed by atoms with Gasteiger partial charge in [-0.2, -0.15) is 5.10 Å². The number of carbonyl (C=O) groups is 1. The van der Waals surface area contributed by atoms with Crippen molar-refractivity contribution in [3.05, 3.63) is 33.7 Å². The number of hydrogen-bond acceptors (Lipinski definition) is 5. The van der Waals surface area contributed by atoms with Crippen molar-refractivity contribution in [1.82, 2.24) is 19.6 Å². The molecule has 1 amide bonds. The summed E-state index contributed by atoms with van der Waals surface area (Å²) in [6.45, 7) is 1.94. The first-order valence-corrected chi connectivity index (χ1v) is 8.53. The van der Waals surface area contributed by atoms with Crippen LogP contribution in [0.15, 0.2) is 11.6 Å². The van der Waals surface area contributed by atoms with Crippen LogP contribution >= 0.6 is 34.7 Å².